The molecule has 0 amide bonds. The second-order valence-electron chi connectivity index (χ2n) is 6.31. The Morgan fingerprint density at radius 2 is 1.96 bits per heavy atom. The molecule has 4 nitrogen and oxygen atoms in total. The van der Waals surface area contributed by atoms with Gasteiger partial charge in [-0.25, -0.2) is 4.79 Å². The summed E-state index contributed by atoms with van der Waals surface area (Å²) >= 11 is 0. The fourth-order valence-electron chi connectivity index (χ4n) is 3.65. The quantitative estimate of drug-likeness (QED) is 0.259. The Morgan fingerprint density at radius 1 is 1.08 bits per heavy atom. The van der Waals surface area contributed by atoms with E-state index in [-0.39, 0.29) is 5.97 Å². The van der Waals surface area contributed by atoms with E-state index in [4.69, 9.17) is 4.74 Å². The van der Waals surface area contributed by atoms with Gasteiger partial charge in [0, 0.05) is 23.3 Å². The highest BCUT2D eigenvalue weighted by atomic mass is 16.5. The van der Waals surface area contributed by atoms with Crippen molar-refractivity contribution in [1.82, 2.24) is 9.38 Å². The van der Waals surface area contributed by atoms with Crippen LogP contribution in [0.2, 0.25) is 0 Å². The lowest BCUT2D eigenvalue weighted by Gasteiger charge is -2.10. The molecular weight excluding hydrogens is 324 g/mol. The number of rotatable bonds is 2. The molecule has 5 rings (SSSR count). The molecule has 0 saturated heterocycles. The topological polar surface area (TPSA) is 43.6 Å². The van der Waals surface area contributed by atoms with Crippen LogP contribution in [0.5, 0.6) is 0 Å². The predicted molar refractivity (Wildman–Crippen MR) is 104 cm³/mol. The molecule has 0 fully saturated rings. The minimum absolute atomic E-state index is 0.324. The molecule has 5 aromatic rings. The van der Waals surface area contributed by atoms with Crippen LogP contribution in [0.4, 0.5) is 0 Å². The van der Waals surface area contributed by atoms with E-state index in [0.29, 0.717) is 12.2 Å². The maximum Gasteiger partial charge on any atom is 0.340 e. The van der Waals surface area contributed by atoms with Crippen molar-refractivity contribution in [2.75, 3.05) is 6.61 Å². The first-order valence-corrected chi connectivity index (χ1v) is 8.64. The van der Waals surface area contributed by atoms with Gasteiger partial charge in [-0.15, -0.1) is 0 Å². The van der Waals surface area contributed by atoms with Gasteiger partial charge in [0.1, 0.15) is 0 Å². The van der Waals surface area contributed by atoms with Gasteiger partial charge in [0.2, 0.25) is 0 Å². The molecule has 0 bridgehead atoms. The molecule has 2 aromatic carbocycles. The lowest BCUT2D eigenvalue weighted by molar-refractivity contribution is 0.0529. The number of hydrogen-bond donors (Lipinski definition) is 0. The Hall–Kier alpha value is -3.40. The zero-order chi connectivity index (χ0) is 17.7. The van der Waals surface area contributed by atoms with Crippen LogP contribution in [0, 0.1) is 0 Å². The Kier molecular flexibility index (Phi) is 3.19. The first kappa shape index (κ1) is 14.9. The summed E-state index contributed by atoms with van der Waals surface area (Å²) in [6.07, 6.45) is 3.68. The van der Waals surface area contributed by atoms with Crippen LogP contribution in [0.1, 0.15) is 17.3 Å². The minimum atomic E-state index is -0.324. The first-order valence-electron chi connectivity index (χ1n) is 8.64. The van der Waals surface area contributed by atoms with Crippen LogP contribution in [0.3, 0.4) is 0 Å². The summed E-state index contributed by atoms with van der Waals surface area (Å²) < 4.78 is 7.38. The maximum atomic E-state index is 12.3. The average Bonchev–Trinajstić information content (AvgIpc) is 3.11. The van der Waals surface area contributed by atoms with Crippen LogP contribution in [0.15, 0.2) is 67.0 Å². The number of ether oxygens (including phenoxy) is 1. The van der Waals surface area contributed by atoms with Gasteiger partial charge in [0.15, 0.2) is 0 Å². The molecule has 0 unspecified atom stereocenters. The number of esters is 1. The molecule has 4 heteroatoms. The molecule has 3 heterocycles. The second-order valence-corrected chi connectivity index (χ2v) is 6.31. The fourth-order valence-corrected chi connectivity index (χ4v) is 3.65. The van der Waals surface area contributed by atoms with Gasteiger partial charge in [-0.2, -0.15) is 0 Å². The highest BCUT2D eigenvalue weighted by Gasteiger charge is 2.16. The third-order valence-electron chi connectivity index (χ3n) is 4.83. The van der Waals surface area contributed by atoms with Gasteiger partial charge in [-0.05, 0) is 59.5 Å². The molecule has 0 N–H and O–H groups in total. The molecule has 0 aliphatic rings. The van der Waals surface area contributed by atoms with Crippen molar-refractivity contribution in [3.05, 3.63) is 72.6 Å². The van der Waals surface area contributed by atoms with Crippen molar-refractivity contribution in [1.29, 1.82) is 0 Å². The molecule has 0 radical (unpaired) electrons. The van der Waals surface area contributed by atoms with E-state index < -0.39 is 0 Å². The average molecular weight is 340 g/mol. The lowest BCUT2D eigenvalue weighted by atomic mass is 10.0. The van der Waals surface area contributed by atoms with Gasteiger partial charge in [0.25, 0.3) is 0 Å². The molecule has 0 saturated carbocycles. The molecule has 0 spiro atoms. The van der Waals surface area contributed by atoms with Crippen molar-refractivity contribution in [2.24, 2.45) is 0 Å². The van der Waals surface area contributed by atoms with Crippen LogP contribution in [-0.2, 0) is 4.74 Å². The predicted octanol–water partition coefficient (Wildman–Crippen LogP) is 4.97. The molecule has 3 aromatic heterocycles. The fraction of sp³-hybridized carbons (Fsp3) is 0.0909. The number of pyridine rings is 2. The number of fused-ring (bicyclic) bond motifs is 6. The first-order chi connectivity index (χ1) is 12.8. The smallest absolute Gasteiger partial charge is 0.340 e. The van der Waals surface area contributed by atoms with E-state index >= 15 is 0 Å². The zero-order valence-corrected chi connectivity index (χ0v) is 14.3. The van der Waals surface area contributed by atoms with Gasteiger partial charge in [-0.1, -0.05) is 18.2 Å². The van der Waals surface area contributed by atoms with Crippen molar-refractivity contribution < 1.29 is 9.53 Å². The van der Waals surface area contributed by atoms with Gasteiger partial charge in [-0.3, -0.25) is 4.98 Å². The van der Waals surface area contributed by atoms with E-state index in [1.807, 2.05) is 25.1 Å². The van der Waals surface area contributed by atoms with E-state index in [1.165, 1.54) is 0 Å². The standard InChI is InChI=1S/C22H16N2O2/c1-2-26-22(25)18-13-23-19-9-7-14-12-20-15(11-17(14)21(18)19)6-8-16-5-3-4-10-24(16)20/h3-13H,2H2,1H3. The van der Waals surface area contributed by atoms with E-state index in [1.54, 1.807) is 6.20 Å². The number of hydrogen-bond acceptors (Lipinski definition) is 3. The second kappa shape index (κ2) is 5.56. The Balaban J connectivity index is 1.89. The minimum Gasteiger partial charge on any atom is -0.462 e. The van der Waals surface area contributed by atoms with E-state index in [2.05, 4.69) is 52.0 Å². The third-order valence-corrected chi connectivity index (χ3v) is 4.83. The number of benzene rings is 2. The van der Waals surface area contributed by atoms with Gasteiger partial charge >= 0.3 is 5.97 Å². The SMILES string of the molecule is CCOC(=O)c1cnc2ccc3cc4c(ccc5ccccn54)cc3c12. The number of carbonyl (C=O) groups excluding carboxylic acids is 1. The van der Waals surface area contributed by atoms with E-state index in [0.717, 1.165) is 38.1 Å². The zero-order valence-electron chi connectivity index (χ0n) is 14.3. The monoisotopic (exact) mass is 340 g/mol. The molecular formula is C22H16N2O2. The summed E-state index contributed by atoms with van der Waals surface area (Å²) in [6, 6.07) is 18.7. The summed E-state index contributed by atoms with van der Waals surface area (Å²) in [6.45, 7) is 2.16. The summed E-state index contributed by atoms with van der Waals surface area (Å²) in [5.74, 6) is -0.324. The van der Waals surface area contributed by atoms with Crippen molar-refractivity contribution in [2.45, 2.75) is 6.92 Å². The van der Waals surface area contributed by atoms with Crippen molar-refractivity contribution in [3.8, 4) is 0 Å². The third kappa shape index (κ3) is 2.09. The Labute approximate surface area is 149 Å². The van der Waals surface area contributed by atoms with E-state index in [9.17, 15) is 4.79 Å². The van der Waals surface area contributed by atoms with Crippen LogP contribution >= 0.6 is 0 Å². The van der Waals surface area contributed by atoms with Crippen LogP contribution < -0.4 is 0 Å². The Bertz CT molecular complexity index is 1320. The summed E-state index contributed by atoms with van der Waals surface area (Å²) in [4.78, 5) is 16.7. The van der Waals surface area contributed by atoms with Gasteiger partial charge < -0.3 is 9.14 Å². The van der Waals surface area contributed by atoms with Crippen LogP contribution in [0.25, 0.3) is 38.1 Å². The molecule has 26 heavy (non-hydrogen) atoms. The largest absolute Gasteiger partial charge is 0.462 e. The maximum absolute atomic E-state index is 12.3. The highest BCUT2D eigenvalue weighted by Crippen LogP contribution is 2.32. The summed E-state index contributed by atoms with van der Waals surface area (Å²) in [7, 11) is 0. The molecule has 0 aliphatic heterocycles. The van der Waals surface area contributed by atoms with Crippen molar-refractivity contribution >= 4 is 44.1 Å². The van der Waals surface area contributed by atoms with Crippen LogP contribution in [-0.4, -0.2) is 22.0 Å². The number of carbonyl (C=O) groups is 1. The normalized spacial score (nSPS) is 11.6. The number of aromatic nitrogens is 2. The van der Waals surface area contributed by atoms with Gasteiger partial charge in [0.05, 0.1) is 23.2 Å². The Morgan fingerprint density at radius 3 is 2.85 bits per heavy atom. The highest BCUT2D eigenvalue weighted by molar-refractivity contribution is 6.18. The molecule has 0 atom stereocenters. The number of nitrogens with zero attached hydrogens (tertiary/aromatic N) is 2. The molecule has 0 aliphatic carbocycles. The molecule has 126 valence electrons. The summed E-state index contributed by atoms with van der Waals surface area (Å²) in [5, 5.41) is 4.07. The summed E-state index contributed by atoms with van der Waals surface area (Å²) in [5.41, 5.74) is 3.61. The lowest BCUT2D eigenvalue weighted by Crippen LogP contribution is -2.03. The van der Waals surface area contributed by atoms with Crippen molar-refractivity contribution in [3.63, 3.8) is 0 Å².